The van der Waals surface area contributed by atoms with E-state index >= 15 is 0 Å². The molecule has 5 nitrogen and oxygen atoms in total. The lowest BCUT2D eigenvalue weighted by atomic mass is 9.91. The first kappa shape index (κ1) is 22.2. The molecule has 0 bridgehead atoms. The van der Waals surface area contributed by atoms with E-state index in [1.54, 1.807) is 11.8 Å². The Morgan fingerprint density at radius 1 is 1.32 bits per heavy atom. The van der Waals surface area contributed by atoms with Crippen molar-refractivity contribution in [1.82, 2.24) is 10.2 Å². The van der Waals surface area contributed by atoms with Gasteiger partial charge in [0.05, 0.1) is 24.3 Å². The Balaban J connectivity index is 2.48. The largest absolute Gasteiger partial charge is 0.466 e. The van der Waals surface area contributed by atoms with Gasteiger partial charge < -0.3 is 19.7 Å². The van der Waals surface area contributed by atoms with Gasteiger partial charge in [0, 0.05) is 25.5 Å². The SMILES string of the molecule is CCOCCCN1C(=S)N[C@@H](c2ccccc2C(F)(F)F)C(C(=O)OC)=C1C. The molecule has 154 valence electrons. The van der Waals surface area contributed by atoms with Gasteiger partial charge in [-0.25, -0.2) is 4.79 Å². The summed E-state index contributed by atoms with van der Waals surface area (Å²) in [6.07, 6.45) is -3.92. The van der Waals surface area contributed by atoms with Crippen LogP contribution < -0.4 is 5.32 Å². The molecule has 1 aromatic rings. The number of hydrogen-bond donors (Lipinski definition) is 1. The van der Waals surface area contributed by atoms with Crippen molar-refractivity contribution in [3.05, 3.63) is 46.7 Å². The van der Waals surface area contributed by atoms with Crippen LogP contribution in [0.15, 0.2) is 35.5 Å². The topological polar surface area (TPSA) is 50.8 Å². The fraction of sp³-hybridized carbons (Fsp3) is 0.474. The third kappa shape index (κ3) is 4.82. The molecule has 28 heavy (non-hydrogen) atoms. The molecular weight excluding hydrogens is 393 g/mol. The van der Waals surface area contributed by atoms with Gasteiger partial charge in [0.25, 0.3) is 0 Å². The maximum atomic E-state index is 13.5. The first-order valence-corrected chi connectivity index (χ1v) is 9.24. The average Bonchev–Trinajstić information content (AvgIpc) is 2.65. The number of methoxy groups -OCH3 is 1. The third-order valence-electron chi connectivity index (χ3n) is 4.45. The van der Waals surface area contributed by atoms with E-state index in [1.807, 2.05) is 6.92 Å². The molecule has 1 aliphatic rings. The van der Waals surface area contributed by atoms with Crippen molar-refractivity contribution >= 4 is 23.3 Å². The van der Waals surface area contributed by atoms with Crippen molar-refractivity contribution in [3.8, 4) is 0 Å². The van der Waals surface area contributed by atoms with Crippen LogP contribution in [0.5, 0.6) is 0 Å². The van der Waals surface area contributed by atoms with Gasteiger partial charge in [0.15, 0.2) is 5.11 Å². The molecule has 0 aromatic heterocycles. The number of halogens is 3. The van der Waals surface area contributed by atoms with E-state index in [1.165, 1.54) is 25.3 Å². The number of carbonyl (C=O) groups is 1. The lowest BCUT2D eigenvalue weighted by Crippen LogP contribution is -2.48. The second-order valence-corrected chi connectivity index (χ2v) is 6.55. The number of alkyl halides is 3. The van der Waals surface area contributed by atoms with E-state index in [-0.39, 0.29) is 16.2 Å². The molecule has 1 N–H and O–H groups in total. The molecule has 9 heteroatoms. The number of hydrogen-bond acceptors (Lipinski definition) is 4. The Kier molecular flexibility index (Phi) is 7.42. The average molecular weight is 416 g/mol. The molecule has 0 amide bonds. The van der Waals surface area contributed by atoms with E-state index in [4.69, 9.17) is 21.7 Å². The van der Waals surface area contributed by atoms with Crippen LogP contribution in [0.3, 0.4) is 0 Å². The van der Waals surface area contributed by atoms with Crippen LogP contribution in [0.4, 0.5) is 13.2 Å². The highest BCUT2D eigenvalue weighted by Crippen LogP contribution is 2.39. The van der Waals surface area contributed by atoms with Gasteiger partial charge in [-0.3, -0.25) is 0 Å². The molecule has 0 saturated heterocycles. The van der Waals surface area contributed by atoms with Crippen LogP contribution in [-0.4, -0.2) is 42.8 Å². The van der Waals surface area contributed by atoms with Crippen molar-refractivity contribution in [2.45, 2.75) is 32.5 Å². The highest BCUT2D eigenvalue weighted by Gasteiger charge is 2.40. The van der Waals surface area contributed by atoms with E-state index in [2.05, 4.69) is 5.32 Å². The number of esters is 1. The second-order valence-electron chi connectivity index (χ2n) is 6.16. The summed E-state index contributed by atoms with van der Waals surface area (Å²) in [4.78, 5) is 14.1. The molecule has 1 aliphatic heterocycles. The van der Waals surface area contributed by atoms with Crippen molar-refractivity contribution in [1.29, 1.82) is 0 Å². The quantitative estimate of drug-likeness (QED) is 0.415. The third-order valence-corrected chi connectivity index (χ3v) is 4.79. The molecule has 0 unspecified atom stereocenters. The van der Waals surface area contributed by atoms with Crippen molar-refractivity contribution in [3.63, 3.8) is 0 Å². The molecule has 0 fully saturated rings. The number of allylic oxidation sites excluding steroid dienone is 1. The summed E-state index contributed by atoms with van der Waals surface area (Å²) in [6, 6.07) is 4.07. The number of benzene rings is 1. The van der Waals surface area contributed by atoms with Gasteiger partial charge in [-0.15, -0.1) is 0 Å². The number of carbonyl (C=O) groups excluding carboxylic acids is 1. The van der Waals surface area contributed by atoms with Crippen LogP contribution in [-0.2, 0) is 20.4 Å². The minimum atomic E-state index is -4.57. The lowest BCUT2D eigenvalue weighted by molar-refractivity contribution is -0.140. The Morgan fingerprint density at radius 3 is 2.61 bits per heavy atom. The van der Waals surface area contributed by atoms with Gasteiger partial charge >= 0.3 is 12.1 Å². The predicted octanol–water partition coefficient (Wildman–Crippen LogP) is 3.81. The van der Waals surface area contributed by atoms with Crippen LogP contribution in [0.25, 0.3) is 0 Å². The summed E-state index contributed by atoms with van der Waals surface area (Å²) in [6.45, 7) is 5.10. The Hall–Kier alpha value is -2.13. The summed E-state index contributed by atoms with van der Waals surface area (Å²) in [5.41, 5.74) is -0.335. The van der Waals surface area contributed by atoms with Crippen LogP contribution in [0, 0.1) is 0 Å². The zero-order valence-corrected chi connectivity index (χ0v) is 16.7. The Bertz CT molecular complexity index is 765. The van der Waals surface area contributed by atoms with E-state index in [0.29, 0.717) is 31.9 Å². The first-order valence-electron chi connectivity index (χ1n) is 8.83. The molecule has 0 spiro atoms. The van der Waals surface area contributed by atoms with Gasteiger partial charge in [0.1, 0.15) is 0 Å². The number of rotatable bonds is 7. The van der Waals surface area contributed by atoms with Crippen molar-refractivity contribution < 1.29 is 27.4 Å². The highest BCUT2D eigenvalue weighted by molar-refractivity contribution is 7.80. The number of nitrogens with one attached hydrogen (secondary N) is 1. The maximum absolute atomic E-state index is 13.5. The summed E-state index contributed by atoms with van der Waals surface area (Å²) in [5, 5.41) is 3.14. The molecular formula is C19H23F3N2O3S. The van der Waals surface area contributed by atoms with Crippen molar-refractivity contribution in [2.24, 2.45) is 0 Å². The molecule has 0 aliphatic carbocycles. The molecule has 2 rings (SSSR count). The molecule has 1 heterocycles. The fourth-order valence-corrected chi connectivity index (χ4v) is 3.48. The van der Waals surface area contributed by atoms with E-state index in [9.17, 15) is 18.0 Å². The number of nitrogens with zero attached hydrogens (tertiary/aromatic N) is 1. The number of ether oxygens (including phenoxy) is 2. The lowest BCUT2D eigenvalue weighted by Gasteiger charge is -2.38. The summed E-state index contributed by atoms with van der Waals surface area (Å²) >= 11 is 5.38. The minimum Gasteiger partial charge on any atom is -0.466 e. The first-order chi connectivity index (χ1) is 13.2. The number of thiocarbonyl (C=S) groups is 1. The predicted molar refractivity (Wildman–Crippen MR) is 102 cm³/mol. The zero-order chi connectivity index (χ0) is 20.9. The summed E-state index contributed by atoms with van der Waals surface area (Å²) < 4.78 is 50.7. The monoisotopic (exact) mass is 416 g/mol. The minimum absolute atomic E-state index is 0.0777. The standard InChI is InChI=1S/C19H23F3N2O3S/c1-4-27-11-7-10-24-12(2)15(17(25)26-3)16(23-18(24)28)13-8-5-6-9-14(13)19(20,21)22/h5-6,8-9,16H,4,7,10-11H2,1-3H3,(H,23,28)/t16-/m0/s1. The van der Waals surface area contributed by atoms with Crippen LogP contribution >= 0.6 is 12.2 Å². The molecule has 1 aromatic carbocycles. The van der Waals surface area contributed by atoms with Crippen LogP contribution in [0.1, 0.15) is 37.4 Å². The highest BCUT2D eigenvalue weighted by atomic mass is 32.1. The Morgan fingerprint density at radius 2 is 2.00 bits per heavy atom. The van der Waals surface area contributed by atoms with Crippen molar-refractivity contribution in [2.75, 3.05) is 26.9 Å². The Labute approximate surface area is 167 Å². The maximum Gasteiger partial charge on any atom is 0.416 e. The van der Waals surface area contributed by atoms with Crippen LogP contribution in [0.2, 0.25) is 0 Å². The molecule has 1 atom stereocenters. The molecule has 0 radical (unpaired) electrons. The second kappa shape index (κ2) is 9.38. The summed E-state index contributed by atoms with van der Waals surface area (Å²) in [5.74, 6) is -0.704. The van der Waals surface area contributed by atoms with Gasteiger partial charge in [-0.1, -0.05) is 18.2 Å². The van der Waals surface area contributed by atoms with Gasteiger partial charge in [-0.2, -0.15) is 13.2 Å². The fourth-order valence-electron chi connectivity index (χ4n) is 3.13. The smallest absolute Gasteiger partial charge is 0.416 e. The van der Waals surface area contributed by atoms with E-state index in [0.717, 1.165) is 6.07 Å². The molecule has 0 saturated carbocycles. The summed E-state index contributed by atoms with van der Waals surface area (Å²) in [7, 11) is 1.20. The zero-order valence-electron chi connectivity index (χ0n) is 15.9. The normalized spacial score (nSPS) is 17.6. The van der Waals surface area contributed by atoms with Gasteiger partial charge in [-0.05, 0) is 44.1 Å². The van der Waals surface area contributed by atoms with E-state index < -0.39 is 23.8 Å². The van der Waals surface area contributed by atoms with Gasteiger partial charge in [0.2, 0.25) is 0 Å².